The van der Waals surface area contributed by atoms with Crippen LogP contribution < -0.4 is 0 Å². The second-order valence-electron chi connectivity index (χ2n) is 6.37. The van der Waals surface area contributed by atoms with Gasteiger partial charge in [0.05, 0.1) is 36.9 Å². The number of nitrogens with zero attached hydrogens (tertiary/aromatic N) is 2. The molecule has 0 saturated carbocycles. The van der Waals surface area contributed by atoms with Crippen molar-refractivity contribution in [2.75, 3.05) is 47.0 Å². The monoisotopic (exact) mass is 340 g/mol. The minimum Gasteiger partial charge on any atom is -0.379 e. The molecule has 3 atom stereocenters. The first kappa shape index (κ1) is 16.9. The van der Waals surface area contributed by atoms with E-state index in [0.29, 0.717) is 31.3 Å². The minimum absolute atomic E-state index is 0.0964. The lowest BCUT2D eigenvalue weighted by Gasteiger charge is -2.21. The van der Waals surface area contributed by atoms with Gasteiger partial charge in [-0.3, -0.25) is 0 Å². The molecule has 128 valence electrons. The molecule has 1 aromatic carbocycles. The van der Waals surface area contributed by atoms with Crippen LogP contribution >= 0.6 is 0 Å². The molecule has 0 amide bonds. The van der Waals surface area contributed by atoms with Gasteiger partial charge in [-0.25, -0.2) is 8.42 Å². The molecule has 2 aliphatic rings. The Labute approximate surface area is 138 Å². The molecule has 1 aromatic rings. The molecule has 0 aliphatic carbocycles. The van der Waals surface area contributed by atoms with Crippen LogP contribution in [-0.4, -0.2) is 76.8 Å². The Balaban J connectivity index is 1.75. The SMILES string of the molecule is CN(C)CCO[C@H]1CN(S(=O)(=O)c2ccccc2)[C@@H]2COC[C@H]12. The predicted molar refractivity (Wildman–Crippen MR) is 86.7 cm³/mol. The molecular weight excluding hydrogens is 316 g/mol. The summed E-state index contributed by atoms with van der Waals surface area (Å²) in [5.74, 6) is 0.121. The Hall–Kier alpha value is -0.990. The topological polar surface area (TPSA) is 59.1 Å². The molecule has 0 unspecified atom stereocenters. The van der Waals surface area contributed by atoms with Gasteiger partial charge in [0.15, 0.2) is 0 Å². The highest BCUT2D eigenvalue weighted by Crippen LogP contribution is 2.35. The number of likely N-dealkylation sites (N-methyl/N-ethyl adjacent to an activating group) is 1. The molecule has 2 saturated heterocycles. The Bertz CT molecular complexity index is 620. The van der Waals surface area contributed by atoms with Crippen LogP contribution in [0.15, 0.2) is 35.2 Å². The largest absolute Gasteiger partial charge is 0.379 e. The van der Waals surface area contributed by atoms with E-state index in [2.05, 4.69) is 4.90 Å². The van der Waals surface area contributed by atoms with Crippen LogP contribution in [0.3, 0.4) is 0 Å². The van der Waals surface area contributed by atoms with Gasteiger partial charge in [0.2, 0.25) is 10.0 Å². The zero-order chi connectivity index (χ0) is 16.4. The highest BCUT2D eigenvalue weighted by molar-refractivity contribution is 7.89. The van der Waals surface area contributed by atoms with Gasteiger partial charge >= 0.3 is 0 Å². The maximum absolute atomic E-state index is 12.9. The van der Waals surface area contributed by atoms with Crippen LogP contribution in [-0.2, 0) is 19.5 Å². The zero-order valence-corrected chi connectivity index (χ0v) is 14.4. The smallest absolute Gasteiger partial charge is 0.243 e. The van der Waals surface area contributed by atoms with Crippen LogP contribution in [0.5, 0.6) is 0 Å². The molecular formula is C16H24N2O4S. The summed E-state index contributed by atoms with van der Waals surface area (Å²) in [6.07, 6.45) is -0.0964. The van der Waals surface area contributed by atoms with Gasteiger partial charge in [0.25, 0.3) is 0 Å². The first-order valence-corrected chi connectivity index (χ1v) is 9.35. The lowest BCUT2D eigenvalue weighted by Crippen LogP contribution is -2.38. The van der Waals surface area contributed by atoms with Crippen molar-refractivity contribution in [3.8, 4) is 0 Å². The Morgan fingerprint density at radius 1 is 1.26 bits per heavy atom. The minimum atomic E-state index is -3.50. The molecule has 0 spiro atoms. The van der Waals surface area contributed by atoms with E-state index in [1.807, 2.05) is 20.2 Å². The summed E-state index contributed by atoms with van der Waals surface area (Å²) in [5, 5.41) is 0. The summed E-state index contributed by atoms with van der Waals surface area (Å²) in [4.78, 5) is 2.38. The molecule has 2 heterocycles. The summed E-state index contributed by atoms with van der Waals surface area (Å²) < 4.78 is 38.9. The van der Waals surface area contributed by atoms with E-state index in [1.165, 1.54) is 0 Å². The number of ether oxygens (including phenoxy) is 2. The molecule has 7 heteroatoms. The first-order valence-electron chi connectivity index (χ1n) is 7.91. The Kier molecular flexibility index (Phi) is 5.03. The second-order valence-corrected chi connectivity index (χ2v) is 8.26. The van der Waals surface area contributed by atoms with E-state index >= 15 is 0 Å². The Morgan fingerprint density at radius 3 is 2.70 bits per heavy atom. The normalized spacial score (nSPS) is 28.4. The summed E-state index contributed by atoms with van der Waals surface area (Å²) >= 11 is 0. The van der Waals surface area contributed by atoms with Crippen molar-refractivity contribution < 1.29 is 17.9 Å². The molecule has 0 radical (unpaired) electrons. The highest BCUT2D eigenvalue weighted by atomic mass is 32.2. The van der Waals surface area contributed by atoms with Crippen molar-refractivity contribution in [3.63, 3.8) is 0 Å². The van der Waals surface area contributed by atoms with E-state index in [4.69, 9.17) is 9.47 Å². The quantitative estimate of drug-likeness (QED) is 0.761. The third kappa shape index (κ3) is 3.44. The third-order valence-electron chi connectivity index (χ3n) is 4.52. The summed E-state index contributed by atoms with van der Waals surface area (Å²) in [6, 6.07) is 8.47. The predicted octanol–water partition coefficient (Wildman–Crippen LogP) is 0.653. The van der Waals surface area contributed by atoms with Crippen molar-refractivity contribution in [1.82, 2.24) is 9.21 Å². The molecule has 2 aliphatic heterocycles. The molecule has 0 aromatic heterocycles. The van der Waals surface area contributed by atoms with Crippen LogP contribution in [0.25, 0.3) is 0 Å². The summed E-state index contributed by atoms with van der Waals surface area (Å²) in [7, 11) is 0.479. The highest BCUT2D eigenvalue weighted by Gasteiger charge is 2.50. The van der Waals surface area contributed by atoms with Gasteiger partial charge < -0.3 is 14.4 Å². The number of sulfonamides is 1. The lowest BCUT2D eigenvalue weighted by molar-refractivity contribution is 0.0171. The number of hydrogen-bond acceptors (Lipinski definition) is 5. The van der Waals surface area contributed by atoms with Gasteiger partial charge in [0, 0.05) is 19.0 Å². The van der Waals surface area contributed by atoms with Crippen molar-refractivity contribution in [1.29, 1.82) is 0 Å². The van der Waals surface area contributed by atoms with Crippen molar-refractivity contribution in [2.24, 2.45) is 5.92 Å². The van der Waals surface area contributed by atoms with Crippen molar-refractivity contribution in [3.05, 3.63) is 30.3 Å². The number of hydrogen-bond donors (Lipinski definition) is 0. The van der Waals surface area contributed by atoms with Crippen LogP contribution in [0.1, 0.15) is 0 Å². The van der Waals surface area contributed by atoms with Crippen LogP contribution in [0.2, 0.25) is 0 Å². The van der Waals surface area contributed by atoms with Crippen molar-refractivity contribution in [2.45, 2.75) is 17.0 Å². The fraction of sp³-hybridized carbons (Fsp3) is 0.625. The molecule has 2 fully saturated rings. The molecule has 23 heavy (non-hydrogen) atoms. The fourth-order valence-electron chi connectivity index (χ4n) is 3.23. The van der Waals surface area contributed by atoms with Gasteiger partial charge in [-0.2, -0.15) is 4.31 Å². The van der Waals surface area contributed by atoms with Crippen LogP contribution in [0, 0.1) is 5.92 Å². The van der Waals surface area contributed by atoms with E-state index in [9.17, 15) is 8.42 Å². The first-order chi connectivity index (χ1) is 11.0. The van der Waals surface area contributed by atoms with Gasteiger partial charge in [-0.1, -0.05) is 18.2 Å². The number of rotatable bonds is 6. The lowest BCUT2D eigenvalue weighted by atomic mass is 10.0. The standard InChI is InChI=1S/C16H24N2O4S/c1-17(2)8-9-22-16-10-18(15-12-21-11-14(15)16)23(19,20)13-6-4-3-5-7-13/h3-7,14-16H,8-12H2,1-2H3/t14-,15+,16-/m0/s1. The second kappa shape index (κ2) is 6.86. The summed E-state index contributed by atoms with van der Waals surface area (Å²) in [6.45, 7) is 2.84. The maximum Gasteiger partial charge on any atom is 0.243 e. The summed E-state index contributed by atoms with van der Waals surface area (Å²) in [5.41, 5.74) is 0. The van der Waals surface area contributed by atoms with Gasteiger partial charge in [-0.15, -0.1) is 0 Å². The van der Waals surface area contributed by atoms with Gasteiger partial charge in [-0.05, 0) is 26.2 Å². The molecule has 3 rings (SSSR count). The molecule has 0 N–H and O–H groups in total. The van der Waals surface area contributed by atoms with Crippen LogP contribution in [0.4, 0.5) is 0 Å². The third-order valence-corrected chi connectivity index (χ3v) is 6.43. The van der Waals surface area contributed by atoms with Gasteiger partial charge in [0.1, 0.15) is 0 Å². The number of fused-ring (bicyclic) bond motifs is 1. The Morgan fingerprint density at radius 2 is 2.00 bits per heavy atom. The van der Waals surface area contributed by atoms with E-state index in [-0.39, 0.29) is 18.1 Å². The molecule has 6 nitrogen and oxygen atoms in total. The zero-order valence-electron chi connectivity index (χ0n) is 13.6. The average Bonchev–Trinajstić information content (AvgIpc) is 3.11. The van der Waals surface area contributed by atoms with E-state index < -0.39 is 10.0 Å². The van der Waals surface area contributed by atoms with Crippen molar-refractivity contribution >= 4 is 10.0 Å². The fourth-order valence-corrected chi connectivity index (χ4v) is 4.92. The van der Waals surface area contributed by atoms with E-state index in [0.717, 1.165) is 6.54 Å². The molecule has 0 bridgehead atoms. The maximum atomic E-state index is 12.9. The average molecular weight is 340 g/mol. The van der Waals surface area contributed by atoms with E-state index in [1.54, 1.807) is 28.6 Å². The number of benzene rings is 1.